The molecule has 3 atom stereocenters. The molecule has 208 valence electrons. The van der Waals surface area contributed by atoms with E-state index < -0.39 is 42.4 Å². The maximum atomic E-state index is 14.2. The van der Waals surface area contributed by atoms with Gasteiger partial charge < -0.3 is 11.1 Å². The molecule has 12 heteroatoms. The molecule has 39 heavy (non-hydrogen) atoms. The van der Waals surface area contributed by atoms with Crippen molar-refractivity contribution in [3.8, 4) is 0 Å². The monoisotopic (exact) mass is 539 g/mol. The van der Waals surface area contributed by atoms with Gasteiger partial charge in [0.15, 0.2) is 5.69 Å². The van der Waals surface area contributed by atoms with Crippen LogP contribution in [0.4, 0.5) is 10.2 Å². The Morgan fingerprint density at radius 1 is 1.23 bits per heavy atom. The largest absolute Gasteiger partial charge is 0.369 e. The van der Waals surface area contributed by atoms with Gasteiger partial charge in [-0.15, -0.1) is 0 Å². The molecule has 0 radical (unpaired) electrons. The number of hydrogen-bond acceptors (Lipinski definition) is 6. The molecule has 11 nitrogen and oxygen atoms in total. The number of hydrogen-bond donors (Lipinski definition) is 2. The summed E-state index contributed by atoms with van der Waals surface area (Å²) in [6, 6.07) is 7.17. The molecule has 2 aromatic rings. The van der Waals surface area contributed by atoms with Crippen LogP contribution < -0.4 is 16.0 Å². The summed E-state index contributed by atoms with van der Waals surface area (Å²) >= 11 is 0. The van der Waals surface area contributed by atoms with Gasteiger partial charge in [0.2, 0.25) is 11.8 Å². The van der Waals surface area contributed by atoms with Crippen LogP contribution in [0, 0.1) is 11.8 Å². The summed E-state index contributed by atoms with van der Waals surface area (Å²) < 4.78 is 14.4. The predicted molar refractivity (Wildman–Crippen MR) is 140 cm³/mol. The van der Waals surface area contributed by atoms with Crippen LogP contribution in [0.5, 0.6) is 0 Å². The molecule has 2 fully saturated rings. The zero-order chi connectivity index (χ0) is 27.8. The van der Waals surface area contributed by atoms with Gasteiger partial charge in [0.05, 0.1) is 6.04 Å². The normalized spacial score (nSPS) is 20.5. The Kier molecular flexibility index (Phi) is 7.39. The number of primary amides is 1. The molecule has 1 aromatic heterocycles. The van der Waals surface area contributed by atoms with Crippen LogP contribution in [0.25, 0.3) is 0 Å². The standard InChI is InChI=1S/C27H34FN7O4/c1-16(14-28)30-26(38)21-13-22(32(2)31-21)35(23(36)12-20(25(29)37)17-8-9-17)24-19-7-4-3-6-18(19)15-33-10-5-11-34(33)27(24)39/h3-4,6-7,13,16-17,20,24H,5,8-12,14-15H2,1-2H3,(H2,29,37)(H,30,38)/t16-,20-,24-/m0/s1. The van der Waals surface area contributed by atoms with Crippen molar-refractivity contribution in [2.75, 3.05) is 24.7 Å². The van der Waals surface area contributed by atoms with Crippen LogP contribution in [-0.4, -0.2) is 69.2 Å². The van der Waals surface area contributed by atoms with E-state index in [0.29, 0.717) is 18.7 Å². The molecule has 0 spiro atoms. The molecule has 3 aliphatic rings. The lowest BCUT2D eigenvalue weighted by atomic mass is 9.95. The molecule has 1 aromatic carbocycles. The van der Waals surface area contributed by atoms with Crippen molar-refractivity contribution in [1.29, 1.82) is 0 Å². The number of carbonyl (C=O) groups is 4. The van der Waals surface area contributed by atoms with Crippen molar-refractivity contribution in [2.45, 2.75) is 51.2 Å². The molecule has 5 rings (SSSR count). The summed E-state index contributed by atoms with van der Waals surface area (Å²) in [6.45, 7) is 2.55. The molecular formula is C27H34FN7O4. The van der Waals surface area contributed by atoms with Gasteiger partial charge in [-0.05, 0) is 43.2 Å². The Labute approximate surface area is 226 Å². The number of benzene rings is 1. The zero-order valence-electron chi connectivity index (χ0n) is 22.2. The average molecular weight is 540 g/mol. The van der Waals surface area contributed by atoms with E-state index in [1.165, 1.54) is 22.6 Å². The Morgan fingerprint density at radius 2 is 1.97 bits per heavy atom. The van der Waals surface area contributed by atoms with Gasteiger partial charge in [-0.3, -0.25) is 33.8 Å². The van der Waals surface area contributed by atoms with Crippen molar-refractivity contribution in [2.24, 2.45) is 24.6 Å². The molecule has 4 amide bonds. The quantitative estimate of drug-likeness (QED) is 0.496. The number of nitrogens with zero attached hydrogens (tertiary/aromatic N) is 5. The zero-order valence-corrected chi connectivity index (χ0v) is 22.2. The highest BCUT2D eigenvalue weighted by atomic mass is 19.1. The van der Waals surface area contributed by atoms with E-state index in [-0.39, 0.29) is 29.8 Å². The lowest BCUT2D eigenvalue weighted by molar-refractivity contribution is -0.146. The summed E-state index contributed by atoms with van der Waals surface area (Å²) in [5, 5.41) is 10.5. The van der Waals surface area contributed by atoms with Gasteiger partial charge in [0, 0.05) is 45.1 Å². The summed E-state index contributed by atoms with van der Waals surface area (Å²) in [7, 11) is 1.58. The highest BCUT2D eigenvalue weighted by Crippen LogP contribution is 2.41. The molecule has 2 aliphatic heterocycles. The summed E-state index contributed by atoms with van der Waals surface area (Å²) in [5.74, 6) is -2.27. The third-order valence-electron chi connectivity index (χ3n) is 7.74. The van der Waals surface area contributed by atoms with Crippen LogP contribution in [0.15, 0.2) is 30.3 Å². The average Bonchev–Trinajstić information content (AvgIpc) is 3.55. The van der Waals surface area contributed by atoms with Gasteiger partial charge in [-0.2, -0.15) is 5.10 Å². The highest BCUT2D eigenvalue weighted by molar-refractivity contribution is 6.03. The van der Waals surface area contributed by atoms with Crippen molar-refractivity contribution in [3.63, 3.8) is 0 Å². The number of hydrazine groups is 1. The van der Waals surface area contributed by atoms with Gasteiger partial charge in [-0.25, -0.2) is 9.40 Å². The van der Waals surface area contributed by atoms with E-state index in [9.17, 15) is 23.6 Å². The van der Waals surface area contributed by atoms with Gasteiger partial charge >= 0.3 is 0 Å². The Hall–Kier alpha value is -3.80. The lowest BCUT2D eigenvalue weighted by Gasteiger charge is -2.34. The first-order valence-electron chi connectivity index (χ1n) is 13.4. The third kappa shape index (κ3) is 5.25. The van der Waals surface area contributed by atoms with Crippen molar-refractivity contribution in [3.05, 3.63) is 47.2 Å². The Bertz CT molecular complexity index is 1290. The SMILES string of the molecule is C[C@@H](CF)NC(=O)c1cc(N(C(=O)C[C@H](C(N)=O)C2CC2)[C@@H]2C(=O)N3CCCN3Cc3ccccc32)n(C)n1. The maximum absolute atomic E-state index is 14.2. The molecule has 3 N–H and O–H groups in total. The first-order chi connectivity index (χ1) is 18.7. The van der Waals surface area contributed by atoms with E-state index in [0.717, 1.165) is 31.4 Å². The van der Waals surface area contributed by atoms with E-state index in [2.05, 4.69) is 10.4 Å². The van der Waals surface area contributed by atoms with Crippen LogP contribution in [0.1, 0.15) is 60.3 Å². The summed E-state index contributed by atoms with van der Waals surface area (Å²) in [6.07, 6.45) is 2.28. The number of nitrogens with one attached hydrogen (secondary N) is 1. The fourth-order valence-corrected chi connectivity index (χ4v) is 5.56. The molecule has 0 bridgehead atoms. The number of anilines is 1. The van der Waals surface area contributed by atoms with E-state index >= 15 is 0 Å². The number of aromatic nitrogens is 2. The number of amides is 4. The number of alkyl halides is 1. The number of nitrogens with two attached hydrogens (primary N) is 1. The van der Waals surface area contributed by atoms with Crippen LogP contribution in [0.2, 0.25) is 0 Å². The number of fused-ring (bicyclic) bond motifs is 2. The highest BCUT2D eigenvalue weighted by Gasteiger charge is 2.45. The molecule has 3 heterocycles. The third-order valence-corrected chi connectivity index (χ3v) is 7.74. The smallest absolute Gasteiger partial charge is 0.272 e. The second-order valence-corrected chi connectivity index (χ2v) is 10.7. The second-order valence-electron chi connectivity index (χ2n) is 10.7. The van der Waals surface area contributed by atoms with E-state index in [1.54, 1.807) is 12.1 Å². The van der Waals surface area contributed by atoms with Crippen molar-refractivity contribution in [1.82, 2.24) is 25.1 Å². The lowest BCUT2D eigenvalue weighted by Crippen LogP contribution is -2.48. The fraction of sp³-hybridized carbons (Fsp3) is 0.519. The molecular weight excluding hydrogens is 505 g/mol. The molecule has 0 unspecified atom stereocenters. The van der Waals surface area contributed by atoms with Crippen LogP contribution >= 0.6 is 0 Å². The first-order valence-corrected chi connectivity index (χ1v) is 13.4. The summed E-state index contributed by atoms with van der Waals surface area (Å²) in [4.78, 5) is 54.7. The van der Waals surface area contributed by atoms with E-state index in [1.807, 2.05) is 29.3 Å². The van der Waals surface area contributed by atoms with Crippen molar-refractivity contribution < 1.29 is 23.6 Å². The van der Waals surface area contributed by atoms with E-state index in [4.69, 9.17) is 5.73 Å². The number of halogens is 1. The fourth-order valence-electron chi connectivity index (χ4n) is 5.56. The van der Waals surface area contributed by atoms with Crippen LogP contribution in [0.3, 0.4) is 0 Å². The Balaban J connectivity index is 1.60. The number of carbonyl (C=O) groups excluding carboxylic acids is 4. The number of aryl methyl sites for hydroxylation is 1. The molecule has 1 saturated carbocycles. The number of rotatable bonds is 9. The maximum Gasteiger partial charge on any atom is 0.272 e. The minimum Gasteiger partial charge on any atom is -0.369 e. The van der Waals surface area contributed by atoms with Gasteiger partial charge in [0.25, 0.3) is 11.8 Å². The second kappa shape index (κ2) is 10.8. The van der Waals surface area contributed by atoms with Crippen molar-refractivity contribution >= 4 is 29.4 Å². The van der Waals surface area contributed by atoms with Gasteiger partial charge in [-0.1, -0.05) is 24.3 Å². The first kappa shape index (κ1) is 26.8. The minimum atomic E-state index is -1.04. The predicted octanol–water partition coefficient (Wildman–Crippen LogP) is 1.45. The van der Waals surface area contributed by atoms with Gasteiger partial charge in [0.1, 0.15) is 18.5 Å². The Morgan fingerprint density at radius 3 is 2.67 bits per heavy atom. The molecule has 1 aliphatic carbocycles. The molecule has 1 saturated heterocycles. The van der Waals surface area contributed by atoms with Crippen LogP contribution in [-0.2, 0) is 28.0 Å². The summed E-state index contributed by atoms with van der Waals surface area (Å²) in [5.41, 5.74) is 7.24. The minimum absolute atomic E-state index is 0.0172. The topological polar surface area (TPSA) is 134 Å².